The Morgan fingerprint density at radius 2 is 1.76 bits per heavy atom. The zero-order chi connectivity index (χ0) is 26.7. The fourth-order valence-electron chi connectivity index (χ4n) is 4.00. The van der Waals surface area contributed by atoms with Gasteiger partial charge in [0.15, 0.2) is 16.3 Å². The number of ether oxygens (including phenoxy) is 4. The Kier molecular flexibility index (Phi) is 8.95. The van der Waals surface area contributed by atoms with Crippen molar-refractivity contribution in [3.63, 3.8) is 0 Å². The average molecular weight is 746 g/mol. The zero-order valence-corrected chi connectivity index (χ0v) is 25.7. The number of carbonyl (C=O) groups excluding carboxylic acids is 1. The van der Waals surface area contributed by atoms with Gasteiger partial charge in [-0.25, -0.2) is 9.79 Å². The second-order valence-electron chi connectivity index (χ2n) is 7.77. The van der Waals surface area contributed by atoms with Crippen LogP contribution in [0.15, 0.2) is 51.9 Å². The lowest BCUT2D eigenvalue weighted by molar-refractivity contribution is -0.136. The quantitative estimate of drug-likeness (QED) is 0.256. The van der Waals surface area contributed by atoms with Crippen LogP contribution in [-0.4, -0.2) is 38.0 Å². The third-order valence-corrected chi connectivity index (χ3v) is 8.13. The SMILES string of the molecule is CCOc1ccc([C@H]2C(C(=O)OC)=CN=c3s/c(=C\c4cc(I)c(OC)c(I)c4)c(=O)n32)cc1OCC. The lowest BCUT2D eigenvalue weighted by atomic mass is 9.97. The monoisotopic (exact) mass is 746 g/mol. The molecule has 2 aromatic carbocycles. The molecule has 1 aromatic heterocycles. The van der Waals surface area contributed by atoms with E-state index in [0.29, 0.717) is 39.6 Å². The first-order valence-electron chi connectivity index (χ1n) is 11.3. The van der Waals surface area contributed by atoms with Crippen molar-refractivity contribution >= 4 is 68.6 Å². The van der Waals surface area contributed by atoms with Gasteiger partial charge in [-0.05, 0) is 100 Å². The van der Waals surface area contributed by atoms with E-state index in [4.69, 9.17) is 18.9 Å². The van der Waals surface area contributed by atoms with Gasteiger partial charge in [0.25, 0.3) is 5.56 Å². The summed E-state index contributed by atoms with van der Waals surface area (Å²) in [5.74, 6) is 1.36. The summed E-state index contributed by atoms with van der Waals surface area (Å²) in [6, 6.07) is 8.58. The van der Waals surface area contributed by atoms with E-state index in [1.54, 1.807) is 19.2 Å². The minimum atomic E-state index is -0.739. The van der Waals surface area contributed by atoms with Crippen LogP contribution >= 0.6 is 56.5 Å². The molecule has 0 saturated heterocycles. The summed E-state index contributed by atoms with van der Waals surface area (Å²) in [7, 11) is 2.94. The molecule has 0 N–H and O–H groups in total. The van der Waals surface area contributed by atoms with Crippen molar-refractivity contribution in [2.45, 2.75) is 19.9 Å². The second-order valence-corrected chi connectivity index (χ2v) is 11.1. The predicted octanol–water partition coefficient (Wildman–Crippen LogP) is 4.03. The van der Waals surface area contributed by atoms with Crippen molar-refractivity contribution in [1.29, 1.82) is 0 Å². The van der Waals surface area contributed by atoms with E-state index >= 15 is 0 Å². The highest BCUT2D eigenvalue weighted by Crippen LogP contribution is 2.35. The molecule has 0 aliphatic carbocycles. The molecule has 0 spiro atoms. The van der Waals surface area contributed by atoms with Crippen molar-refractivity contribution < 1.29 is 23.7 Å². The first kappa shape index (κ1) is 27.6. The highest BCUT2D eigenvalue weighted by atomic mass is 127. The van der Waals surface area contributed by atoms with Gasteiger partial charge >= 0.3 is 5.97 Å². The molecule has 4 rings (SSSR count). The molecule has 0 radical (unpaired) electrons. The zero-order valence-electron chi connectivity index (χ0n) is 20.5. The van der Waals surface area contributed by atoms with E-state index in [9.17, 15) is 9.59 Å². The molecule has 0 bridgehead atoms. The topological polar surface area (TPSA) is 88.4 Å². The Bertz CT molecular complexity index is 1540. The number of hydrogen-bond acceptors (Lipinski definition) is 8. The molecule has 37 heavy (non-hydrogen) atoms. The van der Waals surface area contributed by atoms with Crippen molar-refractivity contribution in [2.75, 3.05) is 27.4 Å². The van der Waals surface area contributed by atoms with Crippen LogP contribution in [0.2, 0.25) is 0 Å². The molecule has 0 amide bonds. The highest BCUT2D eigenvalue weighted by Gasteiger charge is 2.31. The summed E-state index contributed by atoms with van der Waals surface area (Å²) in [6.07, 6.45) is 3.30. The molecular formula is C26H24I2N2O6S. The van der Waals surface area contributed by atoms with Crippen LogP contribution in [0.4, 0.5) is 0 Å². The van der Waals surface area contributed by atoms with Gasteiger partial charge in [-0.2, -0.15) is 0 Å². The van der Waals surface area contributed by atoms with Gasteiger partial charge in [0.2, 0.25) is 0 Å². The maximum atomic E-state index is 13.7. The Hall–Kier alpha value is -2.39. The van der Waals surface area contributed by atoms with Crippen molar-refractivity contribution in [3.8, 4) is 17.2 Å². The molecule has 194 valence electrons. The van der Waals surface area contributed by atoms with Crippen LogP contribution in [0.1, 0.15) is 31.0 Å². The Labute approximate surface area is 244 Å². The standard InChI is InChI=1S/C26H24I2N2O6S/c1-5-35-19-8-7-15(12-20(19)36-6-2)22-16(25(32)34-4)13-29-26-30(22)24(31)21(37-26)11-14-9-17(27)23(33-3)18(28)10-14/h7-13,22H,5-6H2,1-4H3/b21-11-/t22-/m0/s1. The van der Waals surface area contributed by atoms with Crippen molar-refractivity contribution in [2.24, 2.45) is 4.99 Å². The van der Waals surface area contributed by atoms with E-state index in [1.165, 1.54) is 29.2 Å². The summed E-state index contributed by atoms with van der Waals surface area (Å²) in [4.78, 5) is 31.4. The average Bonchev–Trinajstić information content (AvgIpc) is 3.19. The van der Waals surface area contributed by atoms with Crippen LogP contribution in [-0.2, 0) is 9.53 Å². The third kappa shape index (κ3) is 5.58. The van der Waals surface area contributed by atoms with E-state index < -0.39 is 12.0 Å². The number of rotatable bonds is 8. The molecule has 1 atom stereocenters. The molecule has 0 unspecified atom stereocenters. The van der Waals surface area contributed by atoms with E-state index in [1.807, 2.05) is 38.1 Å². The van der Waals surface area contributed by atoms with Gasteiger partial charge in [0.1, 0.15) is 5.75 Å². The van der Waals surface area contributed by atoms with Gasteiger partial charge in [0, 0.05) is 6.20 Å². The number of halogens is 2. The third-order valence-electron chi connectivity index (χ3n) is 5.53. The van der Waals surface area contributed by atoms with Crippen LogP contribution in [0.5, 0.6) is 17.2 Å². The number of nitrogens with zero attached hydrogens (tertiary/aromatic N) is 2. The lowest BCUT2D eigenvalue weighted by Gasteiger charge is -2.23. The lowest BCUT2D eigenvalue weighted by Crippen LogP contribution is -2.39. The molecule has 8 nitrogen and oxygen atoms in total. The van der Waals surface area contributed by atoms with Gasteiger partial charge in [-0.1, -0.05) is 17.4 Å². The normalized spacial score (nSPS) is 14.9. The van der Waals surface area contributed by atoms with Gasteiger partial charge in [-0.15, -0.1) is 0 Å². The molecular weight excluding hydrogens is 722 g/mol. The largest absolute Gasteiger partial charge is 0.495 e. The number of aromatic nitrogens is 1. The number of thiazole rings is 1. The summed E-state index contributed by atoms with van der Waals surface area (Å²) in [6.45, 7) is 4.69. The van der Waals surface area contributed by atoms with Gasteiger partial charge in [-0.3, -0.25) is 9.36 Å². The summed E-state index contributed by atoms with van der Waals surface area (Å²) in [5.41, 5.74) is 1.54. The Morgan fingerprint density at radius 1 is 1.08 bits per heavy atom. The number of hydrogen-bond donors (Lipinski definition) is 0. The van der Waals surface area contributed by atoms with Crippen molar-refractivity contribution in [1.82, 2.24) is 4.57 Å². The number of benzene rings is 2. The number of esters is 1. The van der Waals surface area contributed by atoms with E-state index in [2.05, 4.69) is 50.2 Å². The predicted molar refractivity (Wildman–Crippen MR) is 158 cm³/mol. The number of carbonyl (C=O) groups is 1. The van der Waals surface area contributed by atoms with Crippen LogP contribution in [0.3, 0.4) is 0 Å². The van der Waals surface area contributed by atoms with Crippen LogP contribution in [0, 0.1) is 7.14 Å². The fraction of sp³-hybridized carbons (Fsp3) is 0.269. The van der Waals surface area contributed by atoms with E-state index in [0.717, 1.165) is 18.5 Å². The maximum absolute atomic E-state index is 13.7. The first-order valence-corrected chi connectivity index (χ1v) is 14.3. The molecule has 3 aromatic rings. The minimum absolute atomic E-state index is 0.251. The smallest absolute Gasteiger partial charge is 0.337 e. The number of methoxy groups -OCH3 is 2. The summed E-state index contributed by atoms with van der Waals surface area (Å²) in [5, 5.41) is 0. The molecule has 0 saturated carbocycles. The van der Waals surface area contributed by atoms with Crippen LogP contribution < -0.4 is 29.1 Å². The molecule has 1 aliphatic heterocycles. The second kappa shape index (κ2) is 12.0. The Morgan fingerprint density at radius 3 is 2.38 bits per heavy atom. The molecule has 0 fully saturated rings. The molecule has 11 heteroatoms. The summed E-state index contributed by atoms with van der Waals surface area (Å²) < 4.78 is 25.9. The maximum Gasteiger partial charge on any atom is 0.337 e. The molecule has 2 heterocycles. The first-order chi connectivity index (χ1) is 17.8. The van der Waals surface area contributed by atoms with Crippen LogP contribution in [0.25, 0.3) is 6.08 Å². The molecule has 1 aliphatic rings. The fourth-order valence-corrected chi connectivity index (χ4v) is 7.22. The van der Waals surface area contributed by atoms with Gasteiger partial charge in [0.05, 0.1) is 50.7 Å². The Balaban J connectivity index is 1.90. The number of fused-ring (bicyclic) bond motifs is 1. The van der Waals surface area contributed by atoms with Crippen molar-refractivity contribution in [3.05, 3.63) is 80.1 Å². The highest BCUT2D eigenvalue weighted by molar-refractivity contribution is 14.1. The van der Waals surface area contributed by atoms with E-state index in [-0.39, 0.29) is 11.1 Å². The summed E-state index contributed by atoms with van der Waals surface area (Å²) >= 11 is 5.69. The van der Waals surface area contributed by atoms with Gasteiger partial charge < -0.3 is 18.9 Å². The minimum Gasteiger partial charge on any atom is -0.495 e.